The first-order valence-electron chi connectivity index (χ1n) is 11.8. The van der Waals surface area contributed by atoms with Gasteiger partial charge in [-0.3, -0.25) is 14.5 Å². The highest BCUT2D eigenvalue weighted by Crippen LogP contribution is 2.57. The lowest BCUT2D eigenvalue weighted by molar-refractivity contribution is 0.0307. The van der Waals surface area contributed by atoms with Crippen LogP contribution in [0.5, 0.6) is 0 Å². The summed E-state index contributed by atoms with van der Waals surface area (Å²) in [5.74, 6) is 0.261. The summed E-state index contributed by atoms with van der Waals surface area (Å²) in [5, 5.41) is 18.5. The summed E-state index contributed by atoms with van der Waals surface area (Å²) in [6.07, 6.45) is 4.66. The second-order valence-corrected chi connectivity index (χ2v) is 10.1. The molecule has 2 aliphatic rings. The van der Waals surface area contributed by atoms with Gasteiger partial charge in [-0.15, -0.1) is 0 Å². The highest BCUT2D eigenvalue weighted by atomic mass is 35.5. The van der Waals surface area contributed by atoms with Gasteiger partial charge in [-0.1, -0.05) is 11.6 Å². The van der Waals surface area contributed by atoms with Crippen molar-refractivity contribution in [1.82, 2.24) is 14.8 Å². The molecule has 2 aliphatic carbocycles. The van der Waals surface area contributed by atoms with Crippen LogP contribution >= 0.6 is 11.6 Å². The lowest BCUT2D eigenvalue weighted by Gasteiger charge is -2.26. The number of benzene rings is 1. The van der Waals surface area contributed by atoms with Gasteiger partial charge in [-0.2, -0.15) is 5.10 Å². The monoisotopic (exact) mass is 517 g/mol. The molecule has 10 heteroatoms. The molecule has 0 saturated heterocycles. The molecule has 7 nitrogen and oxygen atoms in total. The number of pyridine rings is 1. The van der Waals surface area contributed by atoms with E-state index in [1.165, 1.54) is 18.3 Å². The number of aliphatic hydroxyl groups is 1. The average molecular weight is 518 g/mol. The van der Waals surface area contributed by atoms with Crippen LogP contribution in [0.4, 0.5) is 20.3 Å². The summed E-state index contributed by atoms with van der Waals surface area (Å²) < 4.78 is 28.3. The Kier molecular flexibility index (Phi) is 7.33. The molecule has 2 fully saturated rings. The van der Waals surface area contributed by atoms with Crippen LogP contribution in [0, 0.1) is 30.4 Å². The number of halogens is 3. The highest BCUT2D eigenvalue weighted by Gasteiger charge is 2.51. The summed E-state index contributed by atoms with van der Waals surface area (Å²) >= 11 is 5.48. The summed E-state index contributed by atoms with van der Waals surface area (Å²) in [7, 11) is 3.48. The number of carbonyl (C=O) groups excluding carboxylic acids is 1. The fraction of sp³-hybridized carbons (Fsp3) is 0.423. The highest BCUT2D eigenvalue weighted by molar-refractivity contribution is 6.31. The van der Waals surface area contributed by atoms with E-state index in [1.807, 2.05) is 0 Å². The summed E-state index contributed by atoms with van der Waals surface area (Å²) in [6, 6.07) is 6.14. The van der Waals surface area contributed by atoms with Crippen molar-refractivity contribution in [3.05, 3.63) is 69.6 Å². The Bertz CT molecular complexity index is 1270. The van der Waals surface area contributed by atoms with Gasteiger partial charge in [0.1, 0.15) is 17.5 Å². The molecule has 2 unspecified atom stereocenters. The van der Waals surface area contributed by atoms with Crippen LogP contribution in [0.1, 0.15) is 58.9 Å². The van der Waals surface area contributed by atoms with Crippen molar-refractivity contribution in [2.75, 3.05) is 18.1 Å². The summed E-state index contributed by atoms with van der Waals surface area (Å²) in [4.78, 5) is 15.4. The maximum atomic E-state index is 14.2. The Morgan fingerprint density at radius 1 is 1.22 bits per heavy atom. The molecule has 1 aromatic carbocycles. The molecule has 2 heterocycles. The number of nitrogens with two attached hydrogens (primary N) is 1. The maximum Gasteiger partial charge on any atom is 0.155 e. The van der Waals surface area contributed by atoms with Crippen molar-refractivity contribution in [2.24, 2.45) is 18.9 Å². The predicted molar refractivity (Wildman–Crippen MR) is 135 cm³/mol. The lowest BCUT2D eigenvalue weighted by Crippen LogP contribution is -2.25. The quantitative estimate of drug-likeness (QED) is 0.422. The van der Waals surface area contributed by atoms with Crippen molar-refractivity contribution in [3.8, 4) is 0 Å². The number of nitrogen functional groups attached to an aromatic ring is 1. The third-order valence-corrected chi connectivity index (χ3v) is 7.70. The average Bonchev–Trinajstić information content (AvgIpc) is 3.47. The van der Waals surface area contributed by atoms with Crippen LogP contribution in [-0.4, -0.2) is 33.2 Å². The standard InChI is InChI=1S/C19H23FN4O2.C7H7ClFN/c1-10-3-15(16(20)8-22-10)19(26)6-12-4-11(5-13(12)7-19)17-14(9-25)18(21)24(2)23-17;1-10-5-2-3-7(9)6(8)4-5/h3,8-9,11-13,26H,4-7,21H2,1-2H3;2-4,10H,1H3. The molecule has 2 atom stereocenters. The molecule has 0 bridgehead atoms. The molecule has 2 saturated carbocycles. The van der Waals surface area contributed by atoms with Crippen LogP contribution in [0.15, 0.2) is 30.5 Å². The topological polar surface area (TPSA) is 106 Å². The Morgan fingerprint density at radius 2 is 1.89 bits per heavy atom. The van der Waals surface area contributed by atoms with Gasteiger partial charge in [0.25, 0.3) is 0 Å². The number of nitrogens with zero attached hydrogens (tertiary/aromatic N) is 3. The Balaban J connectivity index is 0.000000256. The number of hydrogen-bond donors (Lipinski definition) is 3. The Hall–Kier alpha value is -3.04. The zero-order valence-electron chi connectivity index (χ0n) is 20.4. The summed E-state index contributed by atoms with van der Waals surface area (Å²) in [6.45, 7) is 1.80. The van der Waals surface area contributed by atoms with Crippen molar-refractivity contribution >= 4 is 29.4 Å². The molecule has 0 radical (unpaired) electrons. The Labute approximate surface area is 213 Å². The number of aromatic nitrogens is 3. The van der Waals surface area contributed by atoms with Crippen LogP contribution < -0.4 is 11.1 Å². The number of hydrogen-bond acceptors (Lipinski definition) is 6. The molecule has 192 valence electrons. The molecule has 3 aromatic rings. The first-order chi connectivity index (χ1) is 17.1. The van der Waals surface area contributed by atoms with Crippen LogP contribution in [0.25, 0.3) is 0 Å². The van der Waals surface area contributed by atoms with E-state index < -0.39 is 11.4 Å². The molecule has 5 rings (SSSR count). The maximum absolute atomic E-state index is 14.2. The number of rotatable bonds is 4. The van der Waals surface area contributed by atoms with Gasteiger partial charge in [0.15, 0.2) is 6.29 Å². The van der Waals surface area contributed by atoms with Crippen molar-refractivity contribution in [3.63, 3.8) is 0 Å². The SMILES string of the molecule is CNc1ccc(F)c(Cl)c1.Cc1cc(C2(O)CC3CC(c4nn(C)c(N)c4C=O)CC3C2)c(F)cn1. The minimum Gasteiger partial charge on any atom is -0.388 e. The van der Waals surface area contributed by atoms with Crippen molar-refractivity contribution in [2.45, 2.75) is 44.1 Å². The molecule has 0 spiro atoms. The zero-order valence-corrected chi connectivity index (χ0v) is 21.2. The number of fused-ring (bicyclic) bond motifs is 1. The minimum atomic E-state index is -1.14. The Morgan fingerprint density at radius 3 is 2.47 bits per heavy atom. The van der Waals surface area contributed by atoms with Crippen LogP contribution in [-0.2, 0) is 12.6 Å². The molecular formula is C26H30ClF2N5O2. The van der Waals surface area contributed by atoms with Gasteiger partial charge in [0.05, 0.1) is 28.1 Å². The minimum absolute atomic E-state index is 0.145. The molecule has 0 amide bonds. The van der Waals surface area contributed by atoms with E-state index in [4.69, 9.17) is 17.3 Å². The number of carbonyl (C=O) groups is 1. The van der Waals surface area contributed by atoms with Gasteiger partial charge in [-0.05, 0) is 68.7 Å². The van der Waals surface area contributed by atoms with E-state index in [1.54, 1.807) is 37.8 Å². The molecular weight excluding hydrogens is 488 g/mol. The lowest BCUT2D eigenvalue weighted by atomic mass is 9.87. The van der Waals surface area contributed by atoms with E-state index in [-0.39, 0.29) is 28.6 Å². The van der Waals surface area contributed by atoms with Gasteiger partial charge in [-0.25, -0.2) is 8.78 Å². The molecule has 0 aliphatic heterocycles. The second-order valence-electron chi connectivity index (χ2n) is 9.74. The molecule has 36 heavy (non-hydrogen) atoms. The predicted octanol–water partition coefficient (Wildman–Crippen LogP) is 4.97. The second kappa shape index (κ2) is 10.1. The number of nitrogens with one attached hydrogen (secondary N) is 1. The fourth-order valence-corrected chi connectivity index (χ4v) is 5.84. The first kappa shape index (κ1) is 26.0. The molecule has 4 N–H and O–H groups in total. The fourth-order valence-electron chi connectivity index (χ4n) is 5.65. The zero-order chi connectivity index (χ0) is 26.2. The van der Waals surface area contributed by atoms with Crippen molar-refractivity contribution < 1.29 is 18.7 Å². The van der Waals surface area contributed by atoms with E-state index in [0.29, 0.717) is 35.5 Å². The van der Waals surface area contributed by atoms with Gasteiger partial charge in [0, 0.05) is 37.0 Å². The van der Waals surface area contributed by atoms with Gasteiger partial charge in [0.2, 0.25) is 0 Å². The third kappa shape index (κ3) is 4.95. The third-order valence-electron chi connectivity index (χ3n) is 7.41. The van der Waals surface area contributed by atoms with Crippen LogP contribution in [0.2, 0.25) is 5.02 Å². The van der Waals surface area contributed by atoms with Gasteiger partial charge >= 0.3 is 0 Å². The molecule has 2 aromatic heterocycles. The van der Waals surface area contributed by atoms with E-state index in [9.17, 15) is 18.7 Å². The summed E-state index contributed by atoms with van der Waals surface area (Å²) in [5.41, 5.74) is 7.88. The van der Waals surface area contributed by atoms with E-state index in [2.05, 4.69) is 15.4 Å². The number of aldehydes is 1. The van der Waals surface area contributed by atoms with Crippen LogP contribution in [0.3, 0.4) is 0 Å². The van der Waals surface area contributed by atoms with E-state index >= 15 is 0 Å². The number of anilines is 2. The first-order valence-corrected chi connectivity index (χ1v) is 12.2. The number of aryl methyl sites for hydroxylation is 2. The largest absolute Gasteiger partial charge is 0.388 e. The normalized spacial score (nSPS) is 24.7. The van der Waals surface area contributed by atoms with Crippen molar-refractivity contribution in [1.29, 1.82) is 0 Å². The smallest absolute Gasteiger partial charge is 0.155 e. The van der Waals surface area contributed by atoms with E-state index in [0.717, 1.165) is 30.5 Å². The van der Waals surface area contributed by atoms with Gasteiger partial charge < -0.3 is 16.2 Å².